The third-order valence-corrected chi connectivity index (χ3v) is 3.99. The number of fused-ring (bicyclic) bond motifs is 1. The molecule has 4 heteroatoms. The Morgan fingerprint density at radius 3 is 2.82 bits per heavy atom. The number of hydrogen-bond acceptors (Lipinski definition) is 3. The van der Waals surface area contributed by atoms with Crippen LogP contribution in [0.15, 0.2) is 24.4 Å². The molecule has 0 bridgehead atoms. The summed E-state index contributed by atoms with van der Waals surface area (Å²) >= 11 is 3.50. The van der Waals surface area contributed by atoms with Crippen molar-refractivity contribution in [3.8, 4) is 0 Å². The minimum absolute atomic E-state index is 0.552. The van der Waals surface area contributed by atoms with Gasteiger partial charge in [-0.3, -0.25) is 4.98 Å². The maximum absolute atomic E-state index is 6.06. The summed E-state index contributed by atoms with van der Waals surface area (Å²) in [5, 5.41) is 1.97. The van der Waals surface area contributed by atoms with Gasteiger partial charge in [0.05, 0.1) is 23.1 Å². The molecule has 17 heavy (non-hydrogen) atoms. The highest BCUT2D eigenvalue weighted by molar-refractivity contribution is 9.09. The summed E-state index contributed by atoms with van der Waals surface area (Å²) in [6, 6.07) is 6.08. The van der Waals surface area contributed by atoms with E-state index >= 15 is 0 Å². The molecule has 0 amide bonds. The molecule has 1 unspecified atom stereocenters. The van der Waals surface area contributed by atoms with Crippen molar-refractivity contribution in [3.05, 3.63) is 30.0 Å². The molecule has 0 aliphatic heterocycles. The Morgan fingerprint density at radius 1 is 1.35 bits per heavy atom. The van der Waals surface area contributed by atoms with Gasteiger partial charge in [0.2, 0.25) is 0 Å². The Morgan fingerprint density at radius 2 is 2.12 bits per heavy atom. The molecule has 1 heterocycles. The van der Waals surface area contributed by atoms with E-state index in [-0.39, 0.29) is 0 Å². The van der Waals surface area contributed by atoms with Gasteiger partial charge in [-0.25, -0.2) is 0 Å². The van der Waals surface area contributed by atoms with Gasteiger partial charge in [0.15, 0.2) is 0 Å². The lowest BCUT2D eigenvalue weighted by Crippen LogP contribution is -2.04. The normalized spacial score (nSPS) is 12.8. The molecule has 1 aromatic carbocycles. The SMILES string of the molecule is CC(CBr)Cc1cccc2ncc(N)c(N)c12. The number of halogens is 1. The summed E-state index contributed by atoms with van der Waals surface area (Å²) in [4.78, 5) is 4.32. The molecular formula is C13H16BrN3. The first-order valence-electron chi connectivity index (χ1n) is 5.61. The zero-order valence-corrected chi connectivity index (χ0v) is 11.4. The van der Waals surface area contributed by atoms with Crippen LogP contribution >= 0.6 is 15.9 Å². The smallest absolute Gasteiger partial charge is 0.0741 e. The van der Waals surface area contributed by atoms with E-state index < -0.39 is 0 Å². The lowest BCUT2D eigenvalue weighted by Gasteiger charge is -2.13. The van der Waals surface area contributed by atoms with Crippen LogP contribution in [0.2, 0.25) is 0 Å². The van der Waals surface area contributed by atoms with Gasteiger partial charge in [0, 0.05) is 10.7 Å². The van der Waals surface area contributed by atoms with E-state index in [1.54, 1.807) is 6.20 Å². The molecule has 0 radical (unpaired) electrons. The number of hydrogen-bond donors (Lipinski definition) is 2. The number of nitrogens with two attached hydrogens (primary N) is 2. The van der Waals surface area contributed by atoms with Crippen molar-refractivity contribution < 1.29 is 0 Å². The summed E-state index contributed by atoms with van der Waals surface area (Å²) in [7, 11) is 0. The van der Waals surface area contributed by atoms with Crippen LogP contribution in [0.5, 0.6) is 0 Å². The lowest BCUT2D eigenvalue weighted by molar-refractivity contribution is 0.666. The first-order chi connectivity index (χ1) is 8.13. The fourth-order valence-electron chi connectivity index (χ4n) is 1.96. The average molecular weight is 294 g/mol. The van der Waals surface area contributed by atoms with E-state index in [9.17, 15) is 0 Å². The quantitative estimate of drug-likeness (QED) is 0.855. The maximum atomic E-state index is 6.06. The average Bonchev–Trinajstić information content (AvgIpc) is 2.34. The number of anilines is 2. The van der Waals surface area contributed by atoms with E-state index in [1.165, 1.54) is 5.56 Å². The summed E-state index contributed by atoms with van der Waals surface area (Å²) in [6.45, 7) is 2.20. The van der Waals surface area contributed by atoms with Gasteiger partial charge in [-0.15, -0.1) is 0 Å². The standard InChI is InChI=1S/C13H16BrN3/c1-8(6-14)5-9-3-2-4-11-12(9)13(16)10(15)7-17-11/h2-4,7-8H,5-6,15H2,1H3,(H2,16,17). The first-order valence-corrected chi connectivity index (χ1v) is 6.73. The zero-order chi connectivity index (χ0) is 12.4. The fourth-order valence-corrected chi connectivity index (χ4v) is 2.19. The predicted molar refractivity (Wildman–Crippen MR) is 77.2 cm³/mol. The molecule has 1 atom stereocenters. The molecule has 0 saturated carbocycles. The highest BCUT2D eigenvalue weighted by Gasteiger charge is 2.10. The number of pyridine rings is 1. The molecule has 1 aromatic heterocycles. The third kappa shape index (κ3) is 2.36. The number of nitrogens with zero attached hydrogens (tertiary/aromatic N) is 1. The van der Waals surface area contributed by atoms with Crippen molar-refractivity contribution in [2.45, 2.75) is 13.3 Å². The second kappa shape index (κ2) is 4.92. The van der Waals surface area contributed by atoms with Crippen molar-refractivity contribution >= 4 is 38.2 Å². The van der Waals surface area contributed by atoms with Gasteiger partial charge >= 0.3 is 0 Å². The van der Waals surface area contributed by atoms with E-state index in [0.717, 1.165) is 22.7 Å². The van der Waals surface area contributed by atoms with Crippen molar-refractivity contribution in [1.29, 1.82) is 0 Å². The molecule has 0 aliphatic rings. The molecule has 0 aliphatic carbocycles. The van der Waals surface area contributed by atoms with Crippen LogP contribution in [-0.4, -0.2) is 10.3 Å². The van der Waals surface area contributed by atoms with Gasteiger partial charge in [-0.2, -0.15) is 0 Å². The Kier molecular flexibility index (Phi) is 3.52. The highest BCUT2D eigenvalue weighted by Crippen LogP contribution is 2.29. The molecule has 0 saturated heterocycles. The van der Waals surface area contributed by atoms with Crippen LogP contribution in [0.3, 0.4) is 0 Å². The van der Waals surface area contributed by atoms with Crippen LogP contribution in [-0.2, 0) is 6.42 Å². The second-order valence-corrected chi connectivity index (χ2v) is 5.05. The van der Waals surface area contributed by atoms with Gasteiger partial charge in [-0.05, 0) is 24.0 Å². The Labute approximate surface area is 109 Å². The summed E-state index contributed by atoms with van der Waals surface area (Å²) in [6.07, 6.45) is 2.59. The second-order valence-electron chi connectivity index (χ2n) is 4.40. The predicted octanol–water partition coefficient (Wildman–Crippen LogP) is 2.97. The topological polar surface area (TPSA) is 64.9 Å². The van der Waals surface area contributed by atoms with Crippen molar-refractivity contribution in [3.63, 3.8) is 0 Å². The molecule has 0 spiro atoms. The van der Waals surface area contributed by atoms with Gasteiger partial charge in [-0.1, -0.05) is 35.0 Å². The molecule has 2 aromatic rings. The molecule has 0 fully saturated rings. The van der Waals surface area contributed by atoms with Crippen LogP contribution in [0.25, 0.3) is 10.9 Å². The van der Waals surface area contributed by atoms with E-state index in [1.807, 2.05) is 12.1 Å². The number of rotatable bonds is 3. The Balaban J connectivity index is 2.59. The first kappa shape index (κ1) is 12.2. The highest BCUT2D eigenvalue weighted by atomic mass is 79.9. The van der Waals surface area contributed by atoms with E-state index in [4.69, 9.17) is 11.5 Å². The largest absolute Gasteiger partial charge is 0.396 e. The van der Waals surface area contributed by atoms with Crippen molar-refractivity contribution in [2.24, 2.45) is 5.92 Å². The molecular weight excluding hydrogens is 278 g/mol. The van der Waals surface area contributed by atoms with Gasteiger partial charge in [0.25, 0.3) is 0 Å². The van der Waals surface area contributed by atoms with E-state index in [0.29, 0.717) is 17.3 Å². The Hall–Kier alpha value is -1.29. The summed E-state index contributed by atoms with van der Waals surface area (Å²) < 4.78 is 0. The zero-order valence-electron chi connectivity index (χ0n) is 9.78. The number of benzene rings is 1. The number of nitrogen functional groups attached to an aromatic ring is 2. The van der Waals surface area contributed by atoms with Gasteiger partial charge < -0.3 is 11.5 Å². The fraction of sp³-hybridized carbons (Fsp3) is 0.308. The minimum Gasteiger partial charge on any atom is -0.396 e. The summed E-state index contributed by atoms with van der Waals surface area (Å²) in [5.74, 6) is 0.557. The monoisotopic (exact) mass is 293 g/mol. The molecule has 2 rings (SSSR count). The summed E-state index contributed by atoms with van der Waals surface area (Å²) in [5.41, 5.74) is 15.2. The maximum Gasteiger partial charge on any atom is 0.0741 e. The van der Waals surface area contributed by atoms with Crippen molar-refractivity contribution in [1.82, 2.24) is 4.98 Å². The van der Waals surface area contributed by atoms with Crippen LogP contribution in [0.4, 0.5) is 11.4 Å². The van der Waals surface area contributed by atoms with Crippen LogP contribution in [0, 0.1) is 5.92 Å². The minimum atomic E-state index is 0.552. The van der Waals surface area contributed by atoms with Crippen LogP contribution < -0.4 is 11.5 Å². The number of alkyl halides is 1. The third-order valence-electron chi connectivity index (χ3n) is 2.88. The molecule has 3 nitrogen and oxygen atoms in total. The number of aromatic nitrogens is 1. The van der Waals surface area contributed by atoms with Crippen molar-refractivity contribution in [2.75, 3.05) is 16.8 Å². The van der Waals surface area contributed by atoms with Gasteiger partial charge in [0.1, 0.15) is 0 Å². The van der Waals surface area contributed by atoms with E-state index in [2.05, 4.69) is 33.9 Å². The van der Waals surface area contributed by atoms with Crippen LogP contribution in [0.1, 0.15) is 12.5 Å². The molecule has 90 valence electrons. The lowest BCUT2D eigenvalue weighted by atomic mass is 9.97. The molecule has 4 N–H and O–H groups in total. The Bertz CT molecular complexity index is 539.